The van der Waals surface area contributed by atoms with Gasteiger partial charge in [-0.3, -0.25) is 11.3 Å². The first-order valence-corrected chi connectivity index (χ1v) is 7.87. The molecule has 0 spiro atoms. The molecule has 1 saturated carbocycles. The molecule has 0 aliphatic heterocycles. The number of nitrogens with one attached hydrogen (secondary N) is 1. The molecule has 0 heterocycles. The van der Waals surface area contributed by atoms with Crippen LogP contribution in [-0.4, -0.2) is 6.04 Å². The molecule has 1 atom stereocenters. The van der Waals surface area contributed by atoms with Gasteiger partial charge in [0.25, 0.3) is 0 Å². The van der Waals surface area contributed by atoms with Crippen molar-refractivity contribution < 1.29 is 0 Å². The molecule has 1 unspecified atom stereocenters. The first kappa shape index (κ1) is 14.9. The van der Waals surface area contributed by atoms with Crippen LogP contribution in [0.4, 0.5) is 0 Å². The largest absolute Gasteiger partial charge is 0.271 e. The van der Waals surface area contributed by atoms with Gasteiger partial charge in [-0.2, -0.15) is 0 Å². The summed E-state index contributed by atoms with van der Waals surface area (Å²) in [5, 5.41) is 1.40. The van der Waals surface area contributed by atoms with Crippen LogP contribution >= 0.6 is 23.2 Å². The summed E-state index contributed by atoms with van der Waals surface area (Å²) in [7, 11) is 0. The first-order chi connectivity index (χ1) is 10.2. The van der Waals surface area contributed by atoms with Crippen LogP contribution in [0.3, 0.4) is 0 Å². The molecule has 2 nitrogen and oxygen atoms in total. The molecule has 3 rings (SSSR count). The van der Waals surface area contributed by atoms with E-state index in [-0.39, 0.29) is 11.5 Å². The fourth-order valence-corrected chi connectivity index (χ4v) is 3.64. The molecule has 0 aromatic heterocycles. The Morgan fingerprint density at radius 1 is 1.00 bits per heavy atom. The number of benzene rings is 2. The van der Waals surface area contributed by atoms with Gasteiger partial charge >= 0.3 is 0 Å². The summed E-state index contributed by atoms with van der Waals surface area (Å²) in [6.45, 7) is 0. The Morgan fingerprint density at radius 2 is 1.62 bits per heavy atom. The summed E-state index contributed by atoms with van der Waals surface area (Å²) in [5.74, 6) is 5.85. The zero-order chi connectivity index (χ0) is 14.9. The highest BCUT2D eigenvalue weighted by molar-refractivity contribution is 6.36. The zero-order valence-corrected chi connectivity index (χ0v) is 13.2. The quantitative estimate of drug-likeness (QED) is 0.643. The lowest BCUT2D eigenvalue weighted by atomic mass is 9.85. The summed E-state index contributed by atoms with van der Waals surface area (Å²) in [5.41, 5.74) is 5.38. The van der Waals surface area contributed by atoms with E-state index in [0.29, 0.717) is 10.0 Å². The van der Waals surface area contributed by atoms with Crippen molar-refractivity contribution in [3.8, 4) is 0 Å². The van der Waals surface area contributed by atoms with E-state index in [0.717, 1.165) is 24.8 Å². The number of halogens is 2. The van der Waals surface area contributed by atoms with Gasteiger partial charge in [0.2, 0.25) is 0 Å². The standard InChI is InChI=1S/C17H18Cl2N2/c18-14-7-4-8-15(19)13(14)11-16(21-20)17(9-10-17)12-5-2-1-3-6-12/h1-8,16,21H,9-11,20H2. The summed E-state index contributed by atoms with van der Waals surface area (Å²) >= 11 is 12.6. The van der Waals surface area contributed by atoms with Crippen LogP contribution < -0.4 is 11.3 Å². The zero-order valence-electron chi connectivity index (χ0n) is 11.7. The van der Waals surface area contributed by atoms with Crippen molar-refractivity contribution in [2.75, 3.05) is 0 Å². The van der Waals surface area contributed by atoms with Crippen molar-refractivity contribution in [2.45, 2.75) is 30.7 Å². The van der Waals surface area contributed by atoms with E-state index in [1.165, 1.54) is 5.56 Å². The molecule has 2 aromatic carbocycles. The summed E-state index contributed by atoms with van der Waals surface area (Å²) in [6, 6.07) is 16.3. The lowest BCUT2D eigenvalue weighted by molar-refractivity contribution is 0.421. The fraction of sp³-hybridized carbons (Fsp3) is 0.294. The summed E-state index contributed by atoms with van der Waals surface area (Å²) < 4.78 is 0. The monoisotopic (exact) mass is 320 g/mol. The molecule has 0 saturated heterocycles. The Hall–Kier alpha value is -1.06. The predicted octanol–water partition coefficient (Wildman–Crippen LogP) is 4.10. The maximum absolute atomic E-state index is 6.29. The summed E-state index contributed by atoms with van der Waals surface area (Å²) in [6.07, 6.45) is 2.99. The van der Waals surface area contributed by atoms with Crippen molar-refractivity contribution in [1.82, 2.24) is 5.43 Å². The van der Waals surface area contributed by atoms with E-state index >= 15 is 0 Å². The number of nitrogens with two attached hydrogens (primary N) is 1. The lowest BCUT2D eigenvalue weighted by Crippen LogP contribution is -2.45. The van der Waals surface area contributed by atoms with Crippen LogP contribution in [-0.2, 0) is 11.8 Å². The Bertz CT molecular complexity index is 604. The first-order valence-electron chi connectivity index (χ1n) is 7.12. The van der Waals surface area contributed by atoms with Gasteiger partial charge < -0.3 is 0 Å². The predicted molar refractivity (Wildman–Crippen MR) is 88.6 cm³/mol. The van der Waals surface area contributed by atoms with Crippen LogP contribution in [0, 0.1) is 0 Å². The Kier molecular flexibility index (Phi) is 4.23. The van der Waals surface area contributed by atoms with E-state index in [1.807, 2.05) is 24.3 Å². The molecular weight excluding hydrogens is 303 g/mol. The third kappa shape index (κ3) is 2.82. The Morgan fingerprint density at radius 3 is 2.14 bits per heavy atom. The highest BCUT2D eigenvalue weighted by Crippen LogP contribution is 2.51. The van der Waals surface area contributed by atoms with Crippen LogP contribution in [0.25, 0.3) is 0 Å². The molecule has 1 aliphatic rings. The highest BCUT2D eigenvalue weighted by Gasteiger charge is 2.50. The second-order valence-corrected chi connectivity index (χ2v) is 6.46. The second kappa shape index (κ2) is 5.98. The van der Waals surface area contributed by atoms with Gasteiger partial charge in [-0.1, -0.05) is 59.6 Å². The average molecular weight is 321 g/mol. The minimum absolute atomic E-state index is 0.0957. The van der Waals surface area contributed by atoms with E-state index in [2.05, 4.69) is 29.7 Å². The second-order valence-electron chi connectivity index (χ2n) is 5.65. The van der Waals surface area contributed by atoms with Crippen molar-refractivity contribution in [3.63, 3.8) is 0 Å². The van der Waals surface area contributed by atoms with Crippen molar-refractivity contribution >= 4 is 23.2 Å². The molecular formula is C17H18Cl2N2. The number of hydrogen-bond donors (Lipinski definition) is 2. The topological polar surface area (TPSA) is 38.0 Å². The fourth-order valence-electron chi connectivity index (χ4n) is 3.09. The van der Waals surface area contributed by atoms with E-state index in [4.69, 9.17) is 29.0 Å². The SMILES string of the molecule is NNC(Cc1c(Cl)cccc1Cl)C1(c2ccccc2)CC1. The van der Waals surface area contributed by atoms with E-state index < -0.39 is 0 Å². The third-order valence-corrected chi connectivity index (χ3v) is 5.18. The molecule has 21 heavy (non-hydrogen) atoms. The van der Waals surface area contributed by atoms with Crippen molar-refractivity contribution in [2.24, 2.45) is 5.84 Å². The van der Waals surface area contributed by atoms with Crippen LogP contribution in [0.1, 0.15) is 24.0 Å². The van der Waals surface area contributed by atoms with E-state index in [9.17, 15) is 0 Å². The van der Waals surface area contributed by atoms with Gasteiger partial charge in [-0.05, 0) is 42.5 Å². The van der Waals surface area contributed by atoms with Gasteiger partial charge in [0.1, 0.15) is 0 Å². The van der Waals surface area contributed by atoms with Crippen LogP contribution in [0.5, 0.6) is 0 Å². The van der Waals surface area contributed by atoms with Gasteiger partial charge in [0.05, 0.1) is 0 Å². The van der Waals surface area contributed by atoms with Gasteiger partial charge in [-0.15, -0.1) is 0 Å². The minimum atomic E-state index is 0.0957. The van der Waals surface area contributed by atoms with Gasteiger partial charge in [0, 0.05) is 21.5 Å². The maximum Gasteiger partial charge on any atom is 0.0453 e. The van der Waals surface area contributed by atoms with Gasteiger partial charge in [0.15, 0.2) is 0 Å². The third-order valence-electron chi connectivity index (χ3n) is 4.48. The molecule has 0 radical (unpaired) electrons. The normalized spacial score (nSPS) is 17.5. The number of hydrazine groups is 1. The molecule has 1 aliphatic carbocycles. The molecule has 0 bridgehead atoms. The molecule has 3 N–H and O–H groups in total. The Balaban J connectivity index is 1.90. The van der Waals surface area contributed by atoms with Gasteiger partial charge in [-0.25, -0.2) is 0 Å². The van der Waals surface area contributed by atoms with Crippen molar-refractivity contribution in [3.05, 3.63) is 69.7 Å². The minimum Gasteiger partial charge on any atom is -0.271 e. The van der Waals surface area contributed by atoms with Crippen molar-refractivity contribution in [1.29, 1.82) is 0 Å². The van der Waals surface area contributed by atoms with Crippen LogP contribution in [0.15, 0.2) is 48.5 Å². The number of hydrogen-bond acceptors (Lipinski definition) is 2. The molecule has 4 heteroatoms. The molecule has 110 valence electrons. The highest BCUT2D eigenvalue weighted by atomic mass is 35.5. The molecule has 2 aromatic rings. The van der Waals surface area contributed by atoms with Crippen LogP contribution in [0.2, 0.25) is 10.0 Å². The summed E-state index contributed by atoms with van der Waals surface area (Å²) in [4.78, 5) is 0. The van der Waals surface area contributed by atoms with E-state index in [1.54, 1.807) is 0 Å². The molecule has 0 amide bonds. The lowest BCUT2D eigenvalue weighted by Gasteiger charge is -2.27. The molecule has 1 fully saturated rings. The smallest absolute Gasteiger partial charge is 0.0453 e. The number of rotatable bonds is 5. The average Bonchev–Trinajstić information content (AvgIpc) is 3.30. The maximum atomic E-state index is 6.29. The Labute approximate surface area is 135 Å².